The third-order valence-electron chi connectivity index (χ3n) is 16.0. The van der Waals surface area contributed by atoms with Gasteiger partial charge in [0.1, 0.15) is 17.6 Å². The molecule has 7 aromatic rings. The quantitative estimate of drug-likeness (QED) is 0.0696. The minimum absolute atomic E-state index is 0.00335. The number of aromatic carboxylic acids is 1. The Morgan fingerprint density at radius 3 is 2.49 bits per heavy atom. The molecule has 3 N–H and O–H groups in total. The topological polar surface area (TPSA) is 175 Å². The van der Waals surface area contributed by atoms with Crippen molar-refractivity contribution in [3.63, 3.8) is 0 Å². The SMILES string of the molecule is Cc1c(O[C@H]2CC[C@H](CCCCN3CCN(c4ccc5c(C6CCC(=O)NC6=O)nn(C)c5c4)[C@H](C(F)(F)F)C3)CC2)cccc1-c1ccc(N2CCc3cccc(C(=O)Nc4nc5ccccc5s4)c3C2)nc1C(=O)O. The Kier molecular flexibility index (Phi) is 14.5. The average molecular weight is 1070 g/mol. The number of piperidine rings is 1. The fourth-order valence-electron chi connectivity index (χ4n) is 11.9. The third-order valence-corrected chi connectivity index (χ3v) is 17.0. The fourth-order valence-corrected chi connectivity index (χ4v) is 12.8. The van der Waals surface area contributed by atoms with Crippen LogP contribution in [0.15, 0.2) is 91.0 Å². The van der Waals surface area contributed by atoms with Crippen molar-refractivity contribution in [2.45, 2.75) is 102 Å². The molecule has 1 unspecified atom stereocenters. The number of carbonyl (C=O) groups excluding carboxylic acids is 3. The highest BCUT2D eigenvalue weighted by Crippen LogP contribution is 2.39. The monoisotopic (exact) mass is 1070 g/mol. The summed E-state index contributed by atoms with van der Waals surface area (Å²) < 4.78 is 53.4. The number of anilines is 3. The molecule has 1 saturated carbocycles. The van der Waals surface area contributed by atoms with E-state index < -0.39 is 30.0 Å². The van der Waals surface area contributed by atoms with Crippen molar-refractivity contribution < 1.29 is 42.2 Å². The maximum absolute atomic E-state index is 14.7. The molecular formula is C58H60F3N9O6S. The summed E-state index contributed by atoms with van der Waals surface area (Å²) >= 11 is 1.42. The highest BCUT2D eigenvalue weighted by molar-refractivity contribution is 7.22. The number of piperazine rings is 1. The number of rotatable bonds is 14. The van der Waals surface area contributed by atoms with Gasteiger partial charge in [-0.3, -0.25) is 34.6 Å². The van der Waals surface area contributed by atoms with Crippen LogP contribution in [-0.2, 0) is 29.6 Å². The van der Waals surface area contributed by atoms with Crippen LogP contribution in [0.2, 0.25) is 0 Å². The molecule has 15 nitrogen and oxygen atoms in total. The molecule has 3 aliphatic heterocycles. The summed E-state index contributed by atoms with van der Waals surface area (Å²) in [4.78, 5) is 65.6. The van der Waals surface area contributed by atoms with Gasteiger partial charge in [-0.2, -0.15) is 18.3 Å². The van der Waals surface area contributed by atoms with Crippen LogP contribution in [0.25, 0.3) is 32.2 Å². The Morgan fingerprint density at radius 2 is 1.70 bits per heavy atom. The fraction of sp³-hybridized carbons (Fsp3) is 0.397. The van der Waals surface area contributed by atoms with E-state index >= 15 is 0 Å². The molecule has 3 amide bonds. The van der Waals surface area contributed by atoms with Crippen molar-refractivity contribution in [3.05, 3.63) is 125 Å². The molecule has 1 aliphatic carbocycles. The number of carbonyl (C=O) groups is 4. The number of nitrogens with one attached hydrogen (secondary N) is 2. The van der Waals surface area contributed by atoms with Crippen LogP contribution in [0.3, 0.4) is 0 Å². The van der Waals surface area contributed by atoms with Crippen LogP contribution >= 0.6 is 11.3 Å². The second kappa shape index (κ2) is 21.6. The van der Waals surface area contributed by atoms with Crippen LogP contribution < -0.4 is 25.2 Å². The zero-order valence-electron chi connectivity index (χ0n) is 42.9. The number of fused-ring (bicyclic) bond motifs is 3. The minimum Gasteiger partial charge on any atom is -0.490 e. The Balaban J connectivity index is 0.668. The van der Waals surface area contributed by atoms with Gasteiger partial charge in [0.2, 0.25) is 11.8 Å². The summed E-state index contributed by atoms with van der Waals surface area (Å²) in [5.74, 6) is -1.02. The normalized spacial score (nSPS) is 20.3. The number of halogens is 3. The number of thiazole rings is 1. The number of carboxylic acids is 1. The number of unbranched alkanes of at least 4 members (excludes halogenated alkanes) is 1. The first-order chi connectivity index (χ1) is 37.1. The zero-order valence-corrected chi connectivity index (χ0v) is 43.8. The molecule has 19 heteroatoms. The van der Waals surface area contributed by atoms with Gasteiger partial charge in [-0.15, -0.1) is 0 Å². The predicted octanol–water partition coefficient (Wildman–Crippen LogP) is 10.4. The van der Waals surface area contributed by atoms with Gasteiger partial charge in [0, 0.05) is 68.4 Å². The van der Waals surface area contributed by atoms with E-state index in [2.05, 4.69) is 20.7 Å². The first-order valence-corrected chi connectivity index (χ1v) is 27.4. The van der Waals surface area contributed by atoms with Crippen molar-refractivity contribution >= 4 is 72.8 Å². The summed E-state index contributed by atoms with van der Waals surface area (Å²) in [6, 6.07) is 26.3. The van der Waals surface area contributed by atoms with E-state index in [1.165, 1.54) is 16.2 Å². The maximum Gasteiger partial charge on any atom is 0.409 e. The second-order valence-electron chi connectivity index (χ2n) is 20.9. The van der Waals surface area contributed by atoms with Crippen LogP contribution in [0, 0.1) is 12.8 Å². The number of alkyl halides is 3. The molecule has 6 heterocycles. The first-order valence-electron chi connectivity index (χ1n) is 26.5. The molecule has 4 aromatic carbocycles. The lowest BCUT2D eigenvalue weighted by molar-refractivity contribution is -0.156. The Morgan fingerprint density at radius 1 is 0.883 bits per heavy atom. The van der Waals surface area contributed by atoms with Crippen LogP contribution in [0.1, 0.15) is 107 Å². The predicted molar refractivity (Wildman–Crippen MR) is 290 cm³/mol. The van der Waals surface area contributed by atoms with Gasteiger partial charge < -0.3 is 19.6 Å². The van der Waals surface area contributed by atoms with Crippen molar-refractivity contribution in [2.75, 3.05) is 47.8 Å². The number of imide groups is 1. The lowest BCUT2D eigenvalue weighted by atomic mass is 9.84. The summed E-state index contributed by atoms with van der Waals surface area (Å²) in [5.41, 5.74) is 6.87. The molecular weight excluding hydrogens is 1010 g/mol. The molecule has 77 heavy (non-hydrogen) atoms. The van der Waals surface area contributed by atoms with E-state index in [1.807, 2.05) is 83.5 Å². The lowest BCUT2D eigenvalue weighted by Gasteiger charge is -2.43. The average Bonchev–Trinajstić information content (AvgIpc) is 4.10. The number of nitrogens with zero attached hydrogens (tertiary/aromatic N) is 7. The van der Waals surface area contributed by atoms with Crippen molar-refractivity contribution in [1.82, 2.24) is 30.0 Å². The number of hydrogen-bond acceptors (Lipinski definition) is 12. The number of ether oxygens (including phenoxy) is 1. The van der Waals surface area contributed by atoms with E-state index in [0.29, 0.717) is 95.0 Å². The minimum atomic E-state index is -4.44. The summed E-state index contributed by atoms with van der Waals surface area (Å²) in [6.45, 7) is 4.12. The second-order valence-corrected chi connectivity index (χ2v) is 21.9. The molecule has 3 fully saturated rings. The van der Waals surface area contributed by atoms with Gasteiger partial charge in [-0.25, -0.2) is 14.8 Å². The number of carboxylic acid groups (broad SMARTS) is 1. The largest absolute Gasteiger partial charge is 0.490 e. The van der Waals surface area contributed by atoms with Gasteiger partial charge >= 0.3 is 12.1 Å². The number of aromatic nitrogens is 4. The first kappa shape index (κ1) is 51.7. The third kappa shape index (κ3) is 10.8. The summed E-state index contributed by atoms with van der Waals surface area (Å²) in [5, 5.41) is 21.7. The maximum atomic E-state index is 14.7. The van der Waals surface area contributed by atoms with Crippen molar-refractivity contribution in [1.29, 1.82) is 0 Å². The lowest BCUT2D eigenvalue weighted by Crippen LogP contribution is -2.59. The van der Waals surface area contributed by atoms with E-state index in [4.69, 9.17) is 9.72 Å². The Hall–Kier alpha value is -7.38. The summed E-state index contributed by atoms with van der Waals surface area (Å²) in [6.07, 6.45) is 3.19. The number of aryl methyl sites for hydroxylation is 1. The smallest absolute Gasteiger partial charge is 0.409 e. The van der Waals surface area contributed by atoms with E-state index in [1.54, 1.807) is 36.0 Å². The zero-order chi connectivity index (χ0) is 53.5. The number of pyridine rings is 1. The van der Waals surface area contributed by atoms with E-state index in [9.17, 15) is 37.5 Å². The van der Waals surface area contributed by atoms with E-state index in [0.717, 1.165) is 77.4 Å². The Labute approximate surface area is 447 Å². The molecule has 2 atom stereocenters. The molecule has 3 aromatic heterocycles. The molecule has 11 rings (SSSR count). The van der Waals surface area contributed by atoms with Gasteiger partial charge in [-0.1, -0.05) is 60.6 Å². The molecule has 400 valence electrons. The Bertz CT molecular complexity index is 3370. The number of benzene rings is 4. The molecule has 0 bridgehead atoms. The number of amides is 3. The van der Waals surface area contributed by atoms with Crippen molar-refractivity contribution in [3.8, 4) is 16.9 Å². The molecule has 2 saturated heterocycles. The standard InChI is InChI=1S/C58H60F3N9O6S/c1-34-39(40-22-24-50(63-53(40)56(74)75)69-28-26-36-10-7-12-41(44(36)32-69)54(72)65-57-62-45-13-3-4-15-48(45)77-57)11-8-14-47(34)76-38-19-16-35(17-20-38)9-5-6-27-68-29-30-70(49(33-68)58(59,60)61)37-18-21-42-46(31-37)67(2)66-52(42)43-23-25-51(71)64-55(43)73/h3-4,7-8,10-15,18,21-22,24,31,35,38,43,49H,5-6,9,16-17,19-20,23,25-30,32-33H2,1-2H3,(H,74,75)(H,62,65,72)(H,64,71,73)/t35-,38-,43?,49-/m0/s1. The van der Waals surface area contributed by atoms with Gasteiger partial charge in [0.25, 0.3) is 5.91 Å². The van der Waals surface area contributed by atoms with Gasteiger partial charge in [0.05, 0.1) is 33.4 Å². The highest BCUT2D eigenvalue weighted by Gasteiger charge is 2.47. The van der Waals surface area contributed by atoms with E-state index in [-0.39, 0.29) is 43.1 Å². The number of hydrogen-bond donors (Lipinski definition) is 3. The van der Waals surface area contributed by atoms with Crippen LogP contribution in [-0.4, -0.2) is 104 Å². The van der Waals surface area contributed by atoms with Crippen LogP contribution in [0.4, 0.5) is 29.8 Å². The van der Waals surface area contributed by atoms with Crippen molar-refractivity contribution in [2.24, 2.45) is 13.0 Å². The van der Waals surface area contributed by atoms with Gasteiger partial charge in [-0.05, 0) is 141 Å². The molecule has 0 radical (unpaired) electrons. The summed E-state index contributed by atoms with van der Waals surface area (Å²) in [7, 11) is 1.71. The van der Waals surface area contributed by atoms with Gasteiger partial charge in [0.15, 0.2) is 10.8 Å². The molecule has 0 spiro atoms. The number of para-hydroxylation sites is 1. The van der Waals surface area contributed by atoms with Crippen LogP contribution in [0.5, 0.6) is 5.75 Å². The molecule has 4 aliphatic rings. The highest BCUT2D eigenvalue weighted by atomic mass is 32.1.